The van der Waals surface area contributed by atoms with Gasteiger partial charge in [0.25, 0.3) is 5.91 Å². The van der Waals surface area contributed by atoms with Gasteiger partial charge in [-0.1, -0.05) is 12.1 Å². The highest BCUT2D eigenvalue weighted by Crippen LogP contribution is 2.12. The topological polar surface area (TPSA) is 78.7 Å². The zero-order valence-corrected chi connectivity index (χ0v) is 17.9. The van der Waals surface area contributed by atoms with Gasteiger partial charge in [-0.05, 0) is 52.2 Å². The maximum Gasteiger partial charge on any atom is 0.291 e. The summed E-state index contributed by atoms with van der Waals surface area (Å²) in [5.41, 5.74) is 3.03. The third-order valence-electron chi connectivity index (χ3n) is 3.68. The molecule has 0 aliphatic carbocycles. The molecule has 3 aromatic rings. The number of hydrogen-bond donors (Lipinski definition) is 3. The van der Waals surface area contributed by atoms with E-state index in [0.29, 0.717) is 6.54 Å². The number of thiophene rings is 1. The van der Waals surface area contributed by atoms with E-state index >= 15 is 0 Å². The van der Waals surface area contributed by atoms with Gasteiger partial charge in [0.15, 0.2) is 11.7 Å². The number of nitrogens with zero attached hydrogens (tertiary/aromatic N) is 1. The van der Waals surface area contributed by atoms with Crippen LogP contribution in [0.5, 0.6) is 0 Å². The van der Waals surface area contributed by atoms with Gasteiger partial charge in [-0.3, -0.25) is 9.79 Å². The van der Waals surface area contributed by atoms with Crippen molar-refractivity contribution in [2.45, 2.75) is 13.1 Å². The van der Waals surface area contributed by atoms with Crippen molar-refractivity contribution in [2.24, 2.45) is 4.99 Å². The Bertz CT molecular complexity index is 846. The van der Waals surface area contributed by atoms with Gasteiger partial charge in [-0.25, -0.2) is 0 Å². The number of amides is 1. The average Bonchev–Trinajstić information content (AvgIpc) is 3.37. The molecule has 6 nitrogen and oxygen atoms in total. The second-order valence-electron chi connectivity index (χ2n) is 5.54. The summed E-state index contributed by atoms with van der Waals surface area (Å²) in [4.78, 5) is 16.2. The number of aliphatic imine (C=N–C) groups is 1. The number of guanidine groups is 1. The molecule has 2 aromatic heterocycles. The Kier molecular flexibility index (Phi) is 8.34. The number of anilines is 1. The molecule has 0 aliphatic heterocycles. The lowest BCUT2D eigenvalue weighted by molar-refractivity contribution is 0.0996. The fraction of sp³-hybridized carbons (Fsp3) is 0.158. The predicted molar refractivity (Wildman–Crippen MR) is 120 cm³/mol. The van der Waals surface area contributed by atoms with Crippen LogP contribution < -0.4 is 16.0 Å². The lowest BCUT2D eigenvalue weighted by atomic mass is 10.2. The molecule has 0 fully saturated rings. The average molecular weight is 496 g/mol. The number of carbonyl (C=O) groups is 1. The smallest absolute Gasteiger partial charge is 0.291 e. The largest absolute Gasteiger partial charge is 0.459 e. The molecule has 0 radical (unpaired) electrons. The summed E-state index contributed by atoms with van der Waals surface area (Å²) in [5, 5.41) is 13.5. The molecule has 0 saturated carbocycles. The predicted octanol–water partition coefficient (Wildman–Crippen LogP) is 4.08. The molecule has 27 heavy (non-hydrogen) atoms. The van der Waals surface area contributed by atoms with Gasteiger partial charge in [0.1, 0.15) is 0 Å². The molecular weight excluding hydrogens is 475 g/mol. The maximum absolute atomic E-state index is 11.9. The Balaban J connectivity index is 0.00000261. The van der Waals surface area contributed by atoms with E-state index in [4.69, 9.17) is 4.42 Å². The van der Waals surface area contributed by atoms with Crippen LogP contribution in [0.4, 0.5) is 5.69 Å². The van der Waals surface area contributed by atoms with Gasteiger partial charge in [0, 0.05) is 25.8 Å². The van der Waals surface area contributed by atoms with Gasteiger partial charge in [0.05, 0.1) is 6.26 Å². The third-order valence-corrected chi connectivity index (χ3v) is 4.41. The molecule has 0 bridgehead atoms. The van der Waals surface area contributed by atoms with E-state index in [2.05, 4.69) is 37.8 Å². The van der Waals surface area contributed by atoms with Crippen molar-refractivity contribution in [3.8, 4) is 0 Å². The molecular formula is C19H21IN4O2S. The Morgan fingerprint density at radius 1 is 1.07 bits per heavy atom. The standard InChI is InChI=1S/C19H20N4O2S.HI/c1-20-19(22-12-15-8-10-26-13-15)21-11-14-4-6-16(7-5-14)23-18(24)17-3-2-9-25-17;/h2-10,13H,11-12H2,1H3,(H,23,24)(H2,20,21,22);1H. The number of hydrogen-bond acceptors (Lipinski definition) is 4. The molecule has 0 atom stereocenters. The minimum Gasteiger partial charge on any atom is -0.459 e. The molecule has 1 aromatic carbocycles. The van der Waals surface area contributed by atoms with Crippen LogP contribution in [0.15, 0.2) is 68.9 Å². The Morgan fingerprint density at radius 3 is 2.41 bits per heavy atom. The van der Waals surface area contributed by atoms with Crippen molar-refractivity contribution >= 4 is 52.9 Å². The van der Waals surface area contributed by atoms with Crippen LogP contribution in [0.1, 0.15) is 21.7 Å². The number of furan rings is 1. The highest BCUT2D eigenvalue weighted by Gasteiger charge is 2.08. The molecule has 2 heterocycles. The fourth-order valence-electron chi connectivity index (χ4n) is 2.29. The highest BCUT2D eigenvalue weighted by molar-refractivity contribution is 14.0. The minimum absolute atomic E-state index is 0. The first kappa shape index (κ1) is 21.0. The molecule has 0 aliphatic rings. The van der Waals surface area contributed by atoms with Gasteiger partial charge < -0.3 is 20.4 Å². The monoisotopic (exact) mass is 496 g/mol. The molecule has 0 saturated heterocycles. The van der Waals surface area contributed by atoms with Crippen molar-refractivity contribution in [3.63, 3.8) is 0 Å². The lowest BCUT2D eigenvalue weighted by Gasteiger charge is -2.12. The van der Waals surface area contributed by atoms with E-state index in [1.54, 1.807) is 30.5 Å². The summed E-state index contributed by atoms with van der Waals surface area (Å²) in [6, 6.07) is 13.0. The van der Waals surface area contributed by atoms with Crippen molar-refractivity contribution in [2.75, 3.05) is 12.4 Å². The van der Waals surface area contributed by atoms with E-state index in [-0.39, 0.29) is 35.6 Å². The Labute approximate surface area is 179 Å². The zero-order chi connectivity index (χ0) is 18.2. The van der Waals surface area contributed by atoms with Crippen molar-refractivity contribution in [1.29, 1.82) is 0 Å². The van der Waals surface area contributed by atoms with Gasteiger partial charge in [0.2, 0.25) is 0 Å². The van der Waals surface area contributed by atoms with E-state index in [9.17, 15) is 4.79 Å². The molecule has 3 N–H and O–H groups in total. The number of rotatable bonds is 6. The van der Waals surface area contributed by atoms with E-state index in [1.807, 2.05) is 24.3 Å². The Morgan fingerprint density at radius 2 is 1.81 bits per heavy atom. The number of carbonyl (C=O) groups excluding carboxylic acids is 1. The fourth-order valence-corrected chi connectivity index (χ4v) is 2.96. The first-order chi connectivity index (χ1) is 12.7. The third kappa shape index (κ3) is 6.40. The molecule has 0 spiro atoms. The summed E-state index contributed by atoms with van der Waals surface area (Å²) in [5.74, 6) is 0.765. The SMILES string of the molecule is CN=C(NCc1ccc(NC(=O)c2ccco2)cc1)NCc1ccsc1.I. The second kappa shape index (κ2) is 10.7. The van der Waals surface area contributed by atoms with Crippen LogP contribution in [0, 0.1) is 0 Å². The van der Waals surface area contributed by atoms with E-state index in [0.717, 1.165) is 23.8 Å². The maximum atomic E-state index is 11.9. The van der Waals surface area contributed by atoms with Crippen LogP contribution in [-0.4, -0.2) is 18.9 Å². The summed E-state index contributed by atoms with van der Waals surface area (Å²) in [6.45, 7) is 1.37. The van der Waals surface area contributed by atoms with Crippen LogP contribution in [0.3, 0.4) is 0 Å². The van der Waals surface area contributed by atoms with Gasteiger partial charge >= 0.3 is 0 Å². The van der Waals surface area contributed by atoms with Crippen molar-refractivity contribution < 1.29 is 9.21 Å². The van der Waals surface area contributed by atoms with Gasteiger partial charge in [-0.15, -0.1) is 24.0 Å². The zero-order valence-electron chi connectivity index (χ0n) is 14.8. The molecule has 142 valence electrons. The molecule has 1 amide bonds. The van der Waals surface area contributed by atoms with Crippen molar-refractivity contribution in [1.82, 2.24) is 10.6 Å². The normalized spacial score (nSPS) is 10.8. The number of nitrogens with one attached hydrogen (secondary N) is 3. The number of halogens is 1. The molecule has 3 rings (SSSR count). The lowest BCUT2D eigenvalue weighted by Crippen LogP contribution is -2.36. The van der Waals surface area contributed by atoms with E-state index < -0.39 is 0 Å². The number of benzene rings is 1. The second-order valence-corrected chi connectivity index (χ2v) is 6.32. The quantitative estimate of drug-likeness (QED) is 0.273. The van der Waals surface area contributed by atoms with Crippen molar-refractivity contribution in [3.05, 3.63) is 76.4 Å². The Hall–Kier alpha value is -2.33. The summed E-state index contributed by atoms with van der Waals surface area (Å²) in [7, 11) is 1.75. The van der Waals surface area contributed by atoms with E-state index in [1.165, 1.54) is 11.8 Å². The molecule has 8 heteroatoms. The highest BCUT2D eigenvalue weighted by atomic mass is 127. The minimum atomic E-state index is -0.265. The van der Waals surface area contributed by atoms with Crippen LogP contribution >= 0.6 is 35.3 Å². The first-order valence-electron chi connectivity index (χ1n) is 8.14. The first-order valence-corrected chi connectivity index (χ1v) is 9.08. The van der Waals surface area contributed by atoms with Crippen LogP contribution in [-0.2, 0) is 13.1 Å². The molecule has 0 unspecified atom stereocenters. The summed E-state index contributed by atoms with van der Waals surface area (Å²) >= 11 is 1.68. The van der Waals surface area contributed by atoms with Gasteiger partial charge in [-0.2, -0.15) is 11.3 Å². The van der Waals surface area contributed by atoms with Crippen LogP contribution in [0.25, 0.3) is 0 Å². The summed E-state index contributed by atoms with van der Waals surface area (Å²) in [6.07, 6.45) is 1.48. The van der Waals surface area contributed by atoms with Crippen LogP contribution in [0.2, 0.25) is 0 Å². The summed E-state index contributed by atoms with van der Waals surface area (Å²) < 4.78 is 5.08.